The second-order valence-electron chi connectivity index (χ2n) is 12.6. The van der Waals surface area contributed by atoms with Gasteiger partial charge in [-0.25, -0.2) is 13.8 Å². The van der Waals surface area contributed by atoms with Gasteiger partial charge in [-0.2, -0.15) is 0 Å². The van der Waals surface area contributed by atoms with Gasteiger partial charge in [-0.3, -0.25) is 10.1 Å². The van der Waals surface area contributed by atoms with Gasteiger partial charge in [0.15, 0.2) is 11.6 Å². The number of benzene rings is 2. The molecule has 6 rings (SSSR count). The number of aromatic nitrogens is 1. The van der Waals surface area contributed by atoms with Crippen molar-refractivity contribution in [3.8, 4) is 11.6 Å². The molecule has 11 heteroatoms. The van der Waals surface area contributed by atoms with E-state index in [0.717, 1.165) is 59.3 Å². The number of carbonyl (C=O) groups excluding carboxylic acids is 1. The quantitative estimate of drug-likeness (QED) is 0.157. The molecule has 250 valence electrons. The third-order valence-electron chi connectivity index (χ3n) is 9.28. The fraction of sp³-hybridized carbons (Fsp3) is 0.444. The van der Waals surface area contributed by atoms with E-state index in [2.05, 4.69) is 46.0 Å². The Morgan fingerprint density at radius 1 is 1.09 bits per heavy atom. The van der Waals surface area contributed by atoms with Crippen LogP contribution >= 0.6 is 11.6 Å². The first-order valence-corrected chi connectivity index (χ1v) is 16.7. The molecule has 8 nitrogen and oxygen atoms in total. The molecule has 3 aliphatic rings. The van der Waals surface area contributed by atoms with Crippen LogP contribution < -0.4 is 20.1 Å². The molecule has 3 aromatic rings. The molecule has 2 atom stereocenters. The number of hydrogen-bond acceptors (Lipinski definition) is 7. The predicted octanol–water partition coefficient (Wildman–Crippen LogP) is 5.37. The third kappa shape index (κ3) is 7.46. The number of amides is 1. The smallest absolute Gasteiger partial charge is 0.251 e. The van der Waals surface area contributed by atoms with Gasteiger partial charge in [-0.15, -0.1) is 0 Å². The first-order chi connectivity index (χ1) is 22.8. The number of halogens is 3. The number of nitrogens with zero attached hydrogens (tertiary/aromatic N) is 2. The van der Waals surface area contributed by atoms with Gasteiger partial charge in [0.2, 0.25) is 5.88 Å². The van der Waals surface area contributed by atoms with Crippen molar-refractivity contribution in [2.45, 2.75) is 69.6 Å². The number of piperazine rings is 1. The Kier molecular flexibility index (Phi) is 10.4. The predicted molar refractivity (Wildman–Crippen MR) is 176 cm³/mol. The van der Waals surface area contributed by atoms with Crippen LogP contribution in [0.3, 0.4) is 0 Å². The zero-order chi connectivity index (χ0) is 33.0. The minimum atomic E-state index is -0.712. The number of pyridine rings is 1. The first-order valence-electron chi connectivity index (χ1n) is 16.3. The van der Waals surface area contributed by atoms with E-state index >= 15 is 0 Å². The second-order valence-corrected chi connectivity index (χ2v) is 13.0. The van der Waals surface area contributed by atoms with E-state index < -0.39 is 11.6 Å². The molecule has 1 aromatic heterocycles. The van der Waals surface area contributed by atoms with E-state index in [1.54, 1.807) is 6.20 Å². The highest BCUT2D eigenvalue weighted by atomic mass is 35.5. The number of nitrogens with one attached hydrogen (secondary N) is 2. The monoisotopic (exact) mass is 666 g/mol. The van der Waals surface area contributed by atoms with Crippen LogP contribution in [0.15, 0.2) is 60.3 Å². The van der Waals surface area contributed by atoms with Crippen LogP contribution in [-0.2, 0) is 23.3 Å². The van der Waals surface area contributed by atoms with Gasteiger partial charge in [0.25, 0.3) is 5.91 Å². The Hall–Kier alpha value is -3.57. The van der Waals surface area contributed by atoms with Crippen molar-refractivity contribution in [2.75, 3.05) is 32.9 Å². The summed E-state index contributed by atoms with van der Waals surface area (Å²) in [6.45, 7) is 4.54. The standard InChI is InChI=1S/C36H41ClF2N4O4/c1-23-25(14-16-41-34(23)47-19-3-17-44)21-43(27-9-10-27)35(45)28-13-15-36(22-40-20-31(28)42-36)26-7-5-24(6-8-26)4-2-18-46-33-30(39)12-11-29(38)32(33)37/h5-8,11-14,16,27,31,40,42,44H,2-4,9-10,15,17-22H2,1H3. The first kappa shape index (κ1) is 33.3. The van der Waals surface area contributed by atoms with Crippen molar-refractivity contribution in [3.63, 3.8) is 0 Å². The summed E-state index contributed by atoms with van der Waals surface area (Å²) in [5.74, 6) is -1.04. The molecule has 2 fully saturated rings. The molecule has 2 bridgehead atoms. The van der Waals surface area contributed by atoms with Crippen LogP contribution in [0.1, 0.15) is 54.4 Å². The van der Waals surface area contributed by atoms with Crippen molar-refractivity contribution in [3.05, 3.63) is 99.2 Å². The summed E-state index contributed by atoms with van der Waals surface area (Å²) < 4.78 is 38.9. The van der Waals surface area contributed by atoms with Crippen LogP contribution in [0.25, 0.3) is 0 Å². The summed E-state index contributed by atoms with van der Waals surface area (Å²) >= 11 is 5.86. The fourth-order valence-electron chi connectivity index (χ4n) is 6.44. The molecule has 2 unspecified atom stereocenters. The second kappa shape index (κ2) is 14.7. The summed E-state index contributed by atoms with van der Waals surface area (Å²) in [5, 5.41) is 16.1. The number of fused-ring (bicyclic) bond motifs is 2. The Balaban J connectivity index is 1.09. The van der Waals surface area contributed by atoms with Crippen molar-refractivity contribution in [2.24, 2.45) is 0 Å². The van der Waals surface area contributed by atoms with E-state index in [0.29, 0.717) is 51.3 Å². The molecule has 1 saturated carbocycles. The summed E-state index contributed by atoms with van der Waals surface area (Å²) in [4.78, 5) is 20.5. The Bertz CT molecular complexity index is 1620. The number of aryl methyl sites for hydroxylation is 1. The molecule has 3 N–H and O–H groups in total. The van der Waals surface area contributed by atoms with Gasteiger partial charge in [-0.1, -0.05) is 41.9 Å². The van der Waals surface area contributed by atoms with E-state index in [1.165, 1.54) is 0 Å². The van der Waals surface area contributed by atoms with Gasteiger partial charge in [-0.05, 0) is 73.9 Å². The largest absolute Gasteiger partial charge is 0.489 e. The summed E-state index contributed by atoms with van der Waals surface area (Å²) in [7, 11) is 0. The maximum Gasteiger partial charge on any atom is 0.251 e. The molecule has 0 radical (unpaired) electrons. The van der Waals surface area contributed by atoms with Crippen LogP contribution in [0.4, 0.5) is 8.78 Å². The average Bonchev–Trinajstić information content (AvgIpc) is 3.92. The van der Waals surface area contributed by atoms with E-state index in [9.17, 15) is 13.6 Å². The minimum absolute atomic E-state index is 0.0607. The lowest BCUT2D eigenvalue weighted by atomic mass is 9.78. The maximum atomic E-state index is 14.1. The number of aliphatic hydroxyl groups is 1. The Labute approximate surface area is 279 Å². The third-order valence-corrected chi connectivity index (χ3v) is 9.64. The highest BCUT2D eigenvalue weighted by Crippen LogP contribution is 2.37. The molecule has 1 amide bonds. The van der Waals surface area contributed by atoms with Crippen molar-refractivity contribution >= 4 is 17.5 Å². The molecule has 2 aliphatic heterocycles. The average molecular weight is 667 g/mol. The van der Waals surface area contributed by atoms with Gasteiger partial charge in [0.1, 0.15) is 10.8 Å². The van der Waals surface area contributed by atoms with Crippen LogP contribution in [0.5, 0.6) is 11.6 Å². The highest BCUT2D eigenvalue weighted by Gasteiger charge is 2.44. The number of carbonyl (C=O) groups is 1. The van der Waals surface area contributed by atoms with Gasteiger partial charge in [0.05, 0.1) is 24.8 Å². The SMILES string of the molecule is Cc1c(CN(C(=O)C2=CCC3(c4ccc(CCCOc5c(F)ccc(F)c5Cl)cc4)CNCC2N3)C2CC2)ccnc1OCCCO. The Morgan fingerprint density at radius 2 is 1.85 bits per heavy atom. The van der Waals surface area contributed by atoms with Crippen LogP contribution in [0.2, 0.25) is 5.02 Å². The topological polar surface area (TPSA) is 96.0 Å². The van der Waals surface area contributed by atoms with Crippen molar-refractivity contribution < 1.29 is 28.2 Å². The number of hydrogen-bond donors (Lipinski definition) is 3. The lowest BCUT2D eigenvalue weighted by Gasteiger charge is -2.47. The van der Waals surface area contributed by atoms with E-state index in [-0.39, 0.29) is 47.5 Å². The molecule has 0 spiro atoms. The van der Waals surface area contributed by atoms with Gasteiger partial charge >= 0.3 is 0 Å². The van der Waals surface area contributed by atoms with E-state index in [1.807, 2.05) is 17.9 Å². The number of rotatable bonds is 14. The van der Waals surface area contributed by atoms with Crippen LogP contribution in [-0.4, -0.2) is 65.9 Å². The van der Waals surface area contributed by atoms with Gasteiger partial charge in [0, 0.05) is 56.0 Å². The fourth-order valence-corrected chi connectivity index (χ4v) is 6.65. The summed E-state index contributed by atoms with van der Waals surface area (Å²) in [6, 6.07) is 12.5. The zero-order valence-corrected chi connectivity index (χ0v) is 27.3. The lowest BCUT2D eigenvalue weighted by Crippen LogP contribution is -2.65. The minimum Gasteiger partial charge on any atom is -0.489 e. The Morgan fingerprint density at radius 3 is 2.62 bits per heavy atom. The maximum absolute atomic E-state index is 14.1. The molecule has 1 aliphatic carbocycles. The molecular weight excluding hydrogens is 626 g/mol. The zero-order valence-electron chi connectivity index (χ0n) is 26.5. The van der Waals surface area contributed by atoms with Crippen LogP contribution in [0, 0.1) is 18.6 Å². The molecule has 2 aromatic carbocycles. The van der Waals surface area contributed by atoms with Gasteiger partial charge < -0.3 is 24.8 Å². The van der Waals surface area contributed by atoms with Crippen molar-refractivity contribution in [1.29, 1.82) is 0 Å². The highest BCUT2D eigenvalue weighted by molar-refractivity contribution is 6.32. The lowest BCUT2D eigenvalue weighted by molar-refractivity contribution is -0.129. The molecule has 47 heavy (non-hydrogen) atoms. The molecular formula is C36H41ClF2N4O4. The normalized spacial score (nSPS) is 20.4. The number of ether oxygens (including phenoxy) is 2. The summed E-state index contributed by atoms with van der Waals surface area (Å²) in [5.41, 5.74) is 4.65. The van der Waals surface area contributed by atoms with E-state index in [4.69, 9.17) is 26.2 Å². The molecule has 1 saturated heterocycles. The van der Waals surface area contributed by atoms with Crippen molar-refractivity contribution in [1.82, 2.24) is 20.5 Å². The summed E-state index contributed by atoms with van der Waals surface area (Å²) in [6.07, 6.45) is 8.38. The number of aliphatic hydroxyl groups excluding tert-OH is 1. The molecule has 3 heterocycles.